The molecule has 30 heavy (non-hydrogen) atoms. The Hall–Kier alpha value is -2.98. The number of ketones is 1. The lowest BCUT2D eigenvalue weighted by Gasteiger charge is -2.36. The molecule has 0 fully saturated rings. The highest BCUT2D eigenvalue weighted by Gasteiger charge is 2.44. The molecule has 0 radical (unpaired) electrons. The van der Waals surface area contributed by atoms with Crippen molar-refractivity contribution < 1.29 is 18.7 Å². The molecule has 1 aromatic carbocycles. The number of hydrogen-bond acceptors (Lipinski definition) is 6. The Bertz CT molecular complexity index is 1120. The van der Waals surface area contributed by atoms with E-state index in [9.17, 15) is 10.1 Å². The molecule has 7 heteroatoms. The third kappa shape index (κ3) is 3.75. The van der Waals surface area contributed by atoms with Crippen molar-refractivity contribution in [2.75, 3.05) is 0 Å². The SMILES string of the molecule is CC1(C)CC(=O)C2=C(C1)OC(N)=C(C#N)C2c1ccc(COc2ccccc2Br)o1. The number of carbonyl (C=O) groups excluding carboxylic acids is 1. The minimum Gasteiger partial charge on any atom is -0.484 e. The Balaban J connectivity index is 1.65. The fraction of sp³-hybridized carbons (Fsp3) is 0.304. The number of halogens is 1. The van der Waals surface area contributed by atoms with Crippen molar-refractivity contribution in [2.45, 2.75) is 39.2 Å². The van der Waals surface area contributed by atoms with Gasteiger partial charge in [-0.25, -0.2) is 0 Å². The highest BCUT2D eigenvalue weighted by atomic mass is 79.9. The van der Waals surface area contributed by atoms with Crippen LogP contribution in [0.3, 0.4) is 0 Å². The topological polar surface area (TPSA) is 98.5 Å². The van der Waals surface area contributed by atoms with Gasteiger partial charge in [-0.15, -0.1) is 0 Å². The van der Waals surface area contributed by atoms with Crippen LogP contribution in [0, 0.1) is 16.7 Å². The molecule has 1 unspecified atom stereocenters. The molecular formula is C23H21BrN2O4. The lowest BCUT2D eigenvalue weighted by Crippen LogP contribution is -2.33. The standard InChI is InChI=1S/C23H21BrN2O4/c1-23(2)9-16(27)21-19(10-23)30-22(26)14(11-25)20(21)18-8-7-13(29-18)12-28-17-6-4-3-5-15(17)24/h3-8,20H,9-10,12,26H2,1-2H3. The molecule has 2 heterocycles. The van der Waals surface area contributed by atoms with Crippen LogP contribution in [-0.2, 0) is 16.1 Å². The van der Waals surface area contributed by atoms with E-state index in [1.165, 1.54) is 0 Å². The van der Waals surface area contributed by atoms with E-state index in [4.69, 9.17) is 19.6 Å². The second kappa shape index (κ2) is 7.69. The van der Waals surface area contributed by atoms with Crippen molar-refractivity contribution in [1.82, 2.24) is 0 Å². The van der Waals surface area contributed by atoms with Gasteiger partial charge in [-0.1, -0.05) is 26.0 Å². The molecule has 0 spiro atoms. The number of hydrogen-bond donors (Lipinski definition) is 1. The van der Waals surface area contributed by atoms with Crippen LogP contribution in [0.4, 0.5) is 0 Å². The average Bonchev–Trinajstić information content (AvgIpc) is 3.14. The van der Waals surface area contributed by atoms with Gasteiger partial charge in [0, 0.05) is 18.4 Å². The maximum atomic E-state index is 13.0. The molecule has 6 nitrogen and oxygen atoms in total. The number of para-hydroxylation sites is 1. The van der Waals surface area contributed by atoms with Gasteiger partial charge in [0.05, 0.1) is 10.4 Å². The highest BCUT2D eigenvalue weighted by Crippen LogP contribution is 2.48. The predicted octanol–water partition coefficient (Wildman–Crippen LogP) is 5.07. The van der Waals surface area contributed by atoms with Crippen LogP contribution in [0.15, 0.2) is 68.1 Å². The molecule has 2 aromatic rings. The number of nitrogens with two attached hydrogens (primary N) is 1. The van der Waals surface area contributed by atoms with E-state index < -0.39 is 5.92 Å². The molecule has 0 amide bonds. The summed E-state index contributed by atoms with van der Waals surface area (Å²) in [5.74, 6) is 1.58. The molecule has 2 N–H and O–H groups in total. The number of Topliss-reactive ketones (excluding diaryl/α,β-unsaturated/α-hetero) is 1. The molecule has 0 saturated carbocycles. The quantitative estimate of drug-likeness (QED) is 0.671. The fourth-order valence-electron chi connectivity index (χ4n) is 3.91. The van der Waals surface area contributed by atoms with Crippen LogP contribution >= 0.6 is 15.9 Å². The number of nitrogens with zero attached hydrogens (tertiary/aromatic N) is 1. The van der Waals surface area contributed by atoms with Crippen LogP contribution in [0.25, 0.3) is 0 Å². The van der Waals surface area contributed by atoms with Gasteiger partial charge in [0.2, 0.25) is 5.88 Å². The first-order valence-electron chi connectivity index (χ1n) is 9.59. The van der Waals surface area contributed by atoms with Gasteiger partial charge in [0.25, 0.3) is 0 Å². The monoisotopic (exact) mass is 468 g/mol. The van der Waals surface area contributed by atoms with E-state index in [2.05, 4.69) is 22.0 Å². The van der Waals surface area contributed by atoms with Gasteiger partial charge in [-0.05, 0) is 45.6 Å². The summed E-state index contributed by atoms with van der Waals surface area (Å²) >= 11 is 3.45. The van der Waals surface area contributed by atoms with Crippen LogP contribution in [0.1, 0.15) is 44.1 Å². The van der Waals surface area contributed by atoms with Crippen molar-refractivity contribution >= 4 is 21.7 Å². The van der Waals surface area contributed by atoms with E-state index in [1.54, 1.807) is 12.1 Å². The van der Waals surface area contributed by atoms with Gasteiger partial charge in [0.1, 0.15) is 41.3 Å². The number of rotatable bonds is 4. The first-order valence-corrected chi connectivity index (χ1v) is 10.4. The minimum atomic E-state index is -0.667. The normalized spacial score (nSPS) is 20.5. The average molecular weight is 469 g/mol. The molecule has 1 aliphatic heterocycles. The Morgan fingerprint density at radius 2 is 2.03 bits per heavy atom. The van der Waals surface area contributed by atoms with Gasteiger partial charge < -0.3 is 19.6 Å². The maximum absolute atomic E-state index is 13.0. The number of nitriles is 1. The first-order chi connectivity index (χ1) is 14.3. The summed E-state index contributed by atoms with van der Waals surface area (Å²) in [5.41, 5.74) is 6.46. The number of carbonyl (C=O) groups is 1. The largest absolute Gasteiger partial charge is 0.484 e. The molecule has 1 aromatic heterocycles. The number of ether oxygens (including phenoxy) is 2. The van der Waals surface area contributed by atoms with Crippen LogP contribution < -0.4 is 10.5 Å². The Morgan fingerprint density at radius 3 is 2.77 bits per heavy atom. The maximum Gasteiger partial charge on any atom is 0.205 e. The van der Waals surface area contributed by atoms with Crippen molar-refractivity contribution in [2.24, 2.45) is 11.1 Å². The predicted molar refractivity (Wildman–Crippen MR) is 113 cm³/mol. The molecule has 154 valence electrons. The second-order valence-electron chi connectivity index (χ2n) is 8.23. The Morgan fingerprint density at radius 1 is 1.27 bits per heavy atom. The van der Waals surface area contributed by atoms with E-state index in [-0.39, 0.29) is 29.3 Å². The molecular weight excluding hydrogens is 448 g/mol. The van der Waals surface area contributed by atoms with Gasteiger partial charge in [0.15, 0.2) is 5.78 Å². The number of furan rings is 1. The summed E-state index contributed by atoms with van der Waals surface area (Å²) in [6, 6.07) is 13.2. The van der Waals surface area contributed by atoms with Crippen molar-refractivity contribution in [3.63, 3.8) is 0 Å². The molecule has 4 rings (SSSR count). The summed E-state index contributed by atoms with van der Waals surface area (Å²) in [5, 5.41) is 9.69. The summed E-state index contributed by atoms with van der Waals surface area (Å²) in [7, 11) is 0. The van der Waals surface area contributed by atoms with Crippen LogP contribution in [0.2, 0.25) is 0 Å². The van der Waals surface area contributed by atoms with E-state index in [0.717, 1.165) is 4.47 Å². The van der Waals surface area contributed by atoms with Crippen molar-refractivity contribution in [3.8, 4) is 11.8 Å². The zero-order chi connectivity index (χ0) is 21.5. The van der Waals surface area contributed by atoms with Crippen LogP contribution in [0.5, 0.6) is 5.75 Å². The summed E-state index contributed by atoms with van der Waals surface area (Å²) in [6.45, 7) is 4.23. The smallest absolute Gasteiger partial charge is 0.205 e. The van der Waals surface area contributed by atoms with Crippen molar-refractivity contribution in [1.29, 1.82) is 5.26 Å². The molecule has 2 aliphatic rings. The number of allylic oxidation sites excluding steroid dienone is 3. The van der Waals surface area contributed by atoms with E-state index >= 15 is 0 Å². The zero-order valence-electron chi connectivity index (χ0n) is 16.7. The summed E-state index contributed by atoms with van der Waals surface area (Å²) in [4.78, 5) is 13.0. The van der Waals surface area contributed by atoms with Crippen LogP contribution in [-0.4, -0.2) is 5.78 Å². The lowest BCUT2D eigenvalue weighted by atomic mass is 9.71. The summed E-state index contributed by atoms with van der Waals surface area (Å²) in [6.07, 6.45) is 0.950. The highest BCUT2D eigenvalue weighted by molar-refractivity contribution is 9.10. The van der Waals surface area contributed by atoms with Gasteiger partial charge >= 0.3 is 0 Å². The first kappa shape index (κ1) is 20.3. The van der Waals surface area contributed by atoms with E-state index in [0.29, 0.717) is 41.4 Å². The van der Waals surface area contributed by atoms with E-state index in [1.807, 2.05) is 38.1 Å². The third-order valence-electron chi connectivity index (χ3n) is 5.25. The Kier molecular flexibility index (Phi) is 5.20. The van der Waals surface area contributed by atoms with Gasteiger partial charge in [-0.2, -0.15) is 5.26 Å². The zero-order valence-corrected chi connectivity index (χ0v) is 18.3. The lowest BCUT2D eigenvalue weighted by molar-refractivity contribution is -0.119. The minimum absolute atomic E-state index is 0.0224. The molecule has 0 bridgehead atoms. The van der Waals surface area contributed by atoms with Gasteiger partial charge in [-0.3, -0.25) is 4.79 Å². The summed E-state index contributed by atoms with van der Waals surface area (Å²) < 4.78 is 18.3. The molecule has 0 saturated heterocycles. The molecule has 1 aliphatic carbocycles. The Labute approximate surface area is 183 Å². The molecule has 1 atom stereocenters. The third-order valence-corrected chi connectivity index (χ3v) is 5.90. The fourth-order valence-corrected chi connectivity index (χ4v) is 4.31. The van der Waals surface area contributed by atoms with Crippen molar-refractivity contribution in [3.05, 3.63) is 75.2 Å². The number of benzene rings is 1. The second-order valence-corrected chi connectivity index (χ2v) is 9.08.